The summed E-state index contributed by atoms with van der Waals surface area (Å²) in [7, 11) is -2.07. The number of benzene rings is 3. The second-order valence-electron chi connectivity index (χ2n) is 9.31. The summed E-state index contributed by atoms with van der Waals surface area (Å²) in [5.41, 5.74) is 4.39. The molecule has 36 heavy (non-hydrogen) atoms. The summed E-state index contributed by atoms with van der Waals surface area (Å²) in [5, 5.41) is 0. The molecule has 1 heterocycles. The van der Waals surface area contributed by atoms with Crippen molar-refractivity contribution in [3.05, 3.63) is 77.4 Å². The van der Waals surface area contributed by atoms with E-state index < -0.39 is 15.4 Å². The number of carbonyl (C=O) groups is 1. The topological polar surface area (TPSA) is 90.9 Å². The Hall–Kier alpha value is -3.20. The Morgan fingerprint density at radius 3 is 2.50 bits per heavy atom. The number of hydrogen-bond donors (Lipinski definition) is 1. The molecule has 8 heteroatoms. The number of carbonyl (C=O) groups excluding carboxylic acids is 1. The van der Waals surface area contributed by atoms with Crippen LogP contribution in [-0.2, 0) is 31.4 Å². The molecule has 0 unspecified atom stereocenters. The summed E-state index contributed by atoms with van der Waals surface area (Å²) in [4.78, 5) is 13.6. The molecule has 3 aromatic rings. The zero-order valence-corrected chi connectivity index (χ0v) is 21.2. The molecule has 1 aliphatic carbocycles. The minimum atomic E-state index is -3.60. The van der Waals surface area contributed by atoms with Crippen LogP contribution in [0.2, 0.25) is 0 Å². The normalized spacial score (nSPS) is 15.6. The molecule has 0 bridgehead atoms. The fourth-order valence-corrected chi connectivity index (χ4v) is 5.68. The molecule has 1 fully saturated rings. The van der Waals surface area contributed by atoms with Crippen molar-refractivity contribution in [3.63, 3.8) is 0 Å². The minimum absolute atomic E-state index is 0. The first-order chi connectivity index (χ1) is 17.3. The van der Waals surface area contributed by atoms with Crippen molar-refractivity contribution in [2.24, 2.45) is 0 Å². The number of rotatable bonds is 10. The van der Waals surface area contributed by atoms with Crippen molar-refractivity contribution in [2.45, 2.75) is 36.5 Å². The summed E-state index contributed by atoms with van der Waals surface area (Å²) in [6.45, 7) is 2.73. The smallest absolute Gasteiger partial charge is 0.240 e. The lowest BCUT2D eigenvalue weighted by Crippen LogP contribution is -2.27. The van der Waals surface area contributed by atoms with Crippen molar-refractivity contribution in [1.29, 1.82) is 0 Å². The van der Waals surface area contributed by atoms with Crippen LogP contribution in [0, 0.1) is 6.92 Å². The number of ketones is 1. The van der Waals surface area contributed by atoms with Crippen molar-refractivity contribution < 1.29 is 28.8 Å². The molecule has 2 aliphatic rings. The molecule has 1 saturated carbocycles. The van der Waals surface area contributed by atoms with E-state index in [1.807, 2.05) is 43.3 Å². The van der Waals surface area contributed by atoms with Gasteiger partial charge in [-0.05, 0) is 71.8 Å². The van der Waals surface area contributed by atoms with E-state index in [1.54, 1.807) is 24.3 Å². The zero-order valence-electron chi connectivity index (χ0n) is 20.4. The molecule has 0 spiro atoms. The molecule has 3 aromatic carbocycles. The van der Waals surface area contributed by atoms with E-state index in [4.69, 9.17) is 14.2 Å². The molecule has 0 amide bonds. The SMILES string of the molecule is COCCNS(=O)(=O)c1ccc(-c2cc(CC(=O)C3(c4ccc5c(c4)OCO5)CC3)ccc2C)cc1.[HH]. The van der Waals surface area contributed by atoms with Crippen LogP contribution in [0.5, 0.6) is 11.5 Å². The first kappa shape index (κ1) is 24.5. The van der Waals surface area contributed by atoms with E-state index in [-0.39, 0.29) is 25.4 Å². The summed E-state index contributed by atoms with van der Waals surface area (Å²) < 4.78 is 43.3. The fourth-order valence-electron chi connectivity index (χ4n) is 4.67. The lowest BCUT2D eigenvalue weighted by molar-refractivity contribution is -0.120. The predicted octanol–water partition coefficient (Wildman–Crippen LogP) is 4.40. The van der Waals surface area contributed by atoms with Gasteiger partial charge < -0.3 is 14.2 Å². The van der Waals surface area contributed by atoms with Gasteiger partial charge in [0.1, 0.15) is 5.78 Å². The summed E-state index contributed by atoms with van der Waals surface area (Å²) in [6, 6.07) is 18.6. The lowest BCUT2D eigenvalue weighted by Gasteiger charge is -2.16. The highest BCUT2D eigenvalue weighted by atomic mass is 32.2. The van der Waals surface area contributed by atoms with Gasteiger partial charge in [-0.2, -0.15) is 0 Å². The van der Waals surface area contributed by atoms with Crippen molar-refractivity contribution in [3.8, 4) is 22.6 Å². The van der Waals surface area contributed by atoms with Crippen LogP contribution in [0.25, 0.3) is 11.1 Å². The Balaban J connectivity index is 0.00000320. The first-order valence-corrected chi connectivity index (χ1v) is 13.4. The van der Waals surface area contributed by atoms with E-state index in [0.717, 1.165) is 46.4 Å². The number of nitrogens with one attached hydrogen (secondary N) is 1. The second-order valence-corrected chi connectivity index (χ2v) is 11.1. The summed E-state index contributed by atoms with van der Waals surface area (Å²) in [6.07, 6.45) is 1.99. The van der Waals surface area contributed by atoms with Crippen LogP contribution in [0.4, 0.5) is 0 Å². The quantitative estimate of drug-likeness (QED) is 0.407. The van der Waals surface area contributed by atoms with Crippen molar-refractivity contribution in [2.75, 3.05) is 27.1 Å². The number of methoxy groups -OCH3 is 1. The van der Waals surface area contributed by atoms with Gasteiger partial charge in [0.25, 0.3) is 0 Å². The standard InChI is InChI=1S/C28H29NO6S.H2/c1-19-3-4-20(15-24(19)21-5-8-23(9-6-21)36(31,32)29-13-14-33-2)16-27(30)28(11-12-28)22-7-10-25-26(17-22)35-18-34-25;/h3-10,15,17,29H,11-14,16,18H2,1-2H3;1H. The minimum Gasteiger partial charge on any atom is -0.454 e. The van der Waals surface area contributed by atoms with Crippen LogP contribution in [0.1, 0.15) is 31.0 Å². The van der Waals surface area contributed by atoms with Gasteiger partial charge in [0, 0.05) is 21.5 Å². The van der Waals surface area contributed by atoms with Gasteiger partial charge in [-0.15, -0.1) is 0 Å². The maximum Gasteiger partial charge on any atom is 0.240 e. The Morgan fingerprint density at radius 2 is 1.78 bits per heavy atom. The summed E-state index contributed by atoms with van der Waals surface area (Å²) >= 11 is 0. The largest absolute Gasteiger partial charge is 0.454 e. The zero-order chi connectivity index (χ0) is 25.3. The third kappa shape index (κ3) is 4.76. The Labute approximate surface area is 212 Å². The van der Waals surface area contributed by atoms with Gasteiger partial charge in [0.05, 0.1) is 16.9 Å². The number of Topliss-reactive ketones (excluding diaryl/α,β-unsaturated/α-hetero) is 1. The highest BCUT2D eigenvalue weighted by molar-refractivity contribution is 7.89. The Morgan fingerprint density at radius 1 is 1.03 bits per heavy atom. The average Bonchev–Trinajstić information content (AvgIpc) is 3.56. The highest BCUT2D eigenvalue weighted by Gasteiger charge is 2.50. The van der Waals surface area contributed by atoms with Crippen molar-refractivity contribution >= 4 is 15.8 Å². The van der Waals surface area contributed by atoms with E-state index >= 15 is 0 Å². The maximum atomic E-state index is 13.4. The molecule has 5 rings (SSSR count). The molecular formula is C28H31NO6S. The third-order valence-corrected chi connectivity index (χ3v) is 8.43. The van der Waals surface area contributed by atoms with E-state index in [9.17, 15) is 13.2 Å². The molecule has 1 N–H and O–H groups in total. The average molecular weight is 510 g/mol. The van der Waals surface area contributed by atoms with E-state index in [2.05, 4.69) is 4.72 Å². The van der Waals surface area contributed by atoms with Gasteiger partial charge in [-0.3, -0.25) is 4.79 Å². The molecule has 7 nitrogen and oxygen atoms in total. The monoisotopic (exact) mass is 509 g/mol. The number of hydrogen-bond acceptors (Lipinski definition) is 6. The first-order valence-electron chi connectivity index (χ1n) is 11.9. The van der Waals surface area contributed by atoms with Crippen molar-refractivity contribution in [1.82, 2.24) is 4.72 Å². The van der Waals surface area contributed by atoms with Gasteiger partial charge in [-0.1, -0.05) is 36.4 Å². The molecule has 0 aromatic heterocycles. The maximum absolute atomic E-state index is 13.4. The number of ether oxygens (including phenoxy) is 3. The Kier molecular flexibility index (Phi) is 6.59. The van der Waals surface area contributed by atoms with E-state index in [1.165, 1.54) is 7.11 Å². The van der Waals surface area contributed by atoms with Gasteiger partial charge in [0.2, 0.25) is 16.8 Å². The van der Waals surface area contributed by atoms with E-state index in [0.29, 0.717) is 18.8 Å². The van der Waals surface area contributed by atoms with Crippen LogP contribution in [0.15, 0.2) is 65.6 Å². The molecule has 0 radical (unpaired) electrons. The molecule has 0 saturated heterocycles. The van der Waals surface area contributed by atoms with Gasteiger partial charge >= 0.3 is 0 Å². The molecule has 0 atom stereocenters. The third-order valence-electron chi connectivity index (χ3n) is 6.95. The number of sulfonamides is 1. The lowest BCUT2D eigenvalue weighted by atomic mass is 9.87. The Bertz CT molecular complexity index is 1400. The van der Waals surface area contributed by atoms with Crippen LogP contribution in [-0.4, -0.2) is 41.3 Å². The highest BCUT2D eigenvalue weighted by Crippen LogP contribution is 2.51. The van der Waals surface area contributed by atoms with Gasteiger partial charge in [-0.25, -0.2) is 13.1 Å². The van der Waals surface area contributed by atoms with Crippen LogP contribution in [0.3, 0.4) is 0 Å². The summed E-state index contributed by atoms with van der Waals surface area (Å²) in [5.74, 6) is 1.61. The van der Waals surface area contributed by atoms with Crippen LogP contribution >= 0.6 is 0 Å². The fraction of sp³-hybridized carbons (Fsp3) is 0.321. The van der Waals surface area contributed by atoms with Crippen LogP contribution < -0.4 is 14.2 Å². The second kappa shape index (κ2) is 9.69. The molecule has 1 aliphatic heterocycles. The predicted molar refractivity (Wildman–Crippen MR) is 138 cm³/mol. The number of aryl methyl sites for hydroxylation is 1. The molecule has 190 valence electrons. The number of fused-ring (bicyclic) bond motifs is 1. The van der Waals surface area contributed by atoms with Gasteiger partial charge in [0.15, 0.2) is 11.5 Å². The molecular weight excluding hydrogens is 478 g/mol.